The summed E-state index contributed by atoms with van der Waals surface area (Å²) in [5.74, 6) is -0.0565. The second-order valence-corrected chi connectivity index (χ2v) is 9.25. The van der Waals surface area contributed by atoms with E-state index in [1.807, 2.05) is 34.8 Å². The van der Waals surface area contributed by atoms with Gasteiger partial charge in [0.1, 0.15) is 0 Å². The summed E-state index contributed by atoms with van der Waals surface area (Å²) in [7, 11) is -1.58. The first-order chi connectivity index (χ1) is 13.5. The minimum Gasteiger partial charge on any atom is -0.379 e. The molecule has 1 aromatic heterocycles. The molecule has 2 heterocycles. The lowest BCUT2D eigenvalue weighted by Crippen LogP contribution is -2.40. The maximum absolute atomic E-state index is 13.1. The number of aromatic nitrogens is 1. The van der Waals surface area contributed by atoms with Crippen LogP contribution in [0.4, 0.5) is 0 Å². The highest BCUT2D eigenvalue weighted by atomic mass is 32.2. The SMILES string of the molecule is Cn1cccc1CN(C(=O)c1ccc(S(=O)(=O)N2CCOCC2)cc1)C1CC1. The lowest BCUT2D eigenvalue weighted by atomic mass is 10.2. The van der Waals surface area contributed by atoms with Crippen LogP contribution in [0.3, 0.4) is 0 Å². The first-order valence-electron chi connectivity index (χ1n) is 9.56. The number of sulfonamides is 1. The fourth-order valence-corrected chi connectivity index (χ4v) is 4.87. The third-order valence-corrected chi connectivity index (χ3v) is 7.25. The molecule has 1 aliphatic heterocycles. The predicted octanol–water partition coefficient (Wildman–Crippen LogP) is 1.85. The van der Waals surface area contributed by atoms with Crippen molar-refractivity contribution < 1.29 is 17.9 Å². The molecule has 8 heteroatoms. The van der Waals surface area contributed by atoms with Crippen molar-refractivity contribution in [3.8, 4) is 0 Å². The Morgan fingerprint density at radius 1 is 1.14 bits per heavy atom. The summed E-state index contributed by atoms with van der Waals surface area (Å²) in [5, 5.41) is 0. The van der Waals surface area contributed by atoms with Crippen LogP contribution in [0.15, 0.2) is 47.5 Å². The van der Waals surface area contributed by atoms with Crippen molar-refractivity contribution in [2.75, 3.05) is 26.3 Å². The quantitative estimate of drug-likeness (QED) is 0.738. The standard InChI is InChI=1S/C20H25N3O4S/c1-21-10-2-3-18(21)15-23(17-6-7-17)20(24)16-4-8-19(9-5-16)28(25,26)22-11-13-27-14-12-22/h2-5,8-10,17H,6-7,11-15H2,1H3. The molecule has 28 heavy (non-hydrogen) atoms. The molecule has 2 aliphatic rings. The van der Waals surface area contributed by atoms with Gasteiger partial charge in [-0.15, -0.1) is 0 Å². The number of ether oxygens (including phenoxy) is 1. The molecule has 1 saturated carbocycles. The van der Waals surface area contributed by atoms with E-state index in [0.29, 0.717) is 38.4 Å². The monoisotopic (exact) mass is 403 g/mol. The molecule has 0 unspecified atom stereocenters. The fraction of sp³-hybridized carbons (Fsp3) is 0.450. The minimum atomic E-state index is -3.55. The van der Waals surface area contributed by atoms with E-state index in [-0.39, 0.29) is 16.8 Å². The molecule has 2 aromatic rings. The Kier molecular flexibility index (Phi) is 5.27. The van der Waals surface area contributed by atoms with E-state index in [9.17, 15) is 13.2 Å². The van der Waals surface area contributed by atoms with Gasteiger partial charge < -0.3 is 14.2 Å². The van der Waals surface area contributed by atoms with Crippen molar-refractivity contribution in [2.45, 2.75) is 30.3 Å². The lowest BCUT2D eigenvalue weighted by molar-refractivity contribution is 0.0726. The summed E-state index contributed by atoms with van der Waals surface area (Å²) >= 11 is 0. The number of aryl methyl sites for hydroxylation is 1. The molecule has 150 valence electrons. The smallest absolute Gasteiger partial charge is 0.254 e. The zero-order valence-corrected chi connectivity index (χ0v) is 16.8. The Balaban J connectivity index is 1.52. The lowest BCUT2D eigenvalue weighted by Gasteiger charge is -2.26. The van der Waals surface area contributed by atoms with Gasteiger partial charge in [-0.2, -0.15) is 4.31 Å². The first kappa shape index (κ1) is 19.2. The van der Waals surface area contributed by atoms with Gasteiger partial charge in [-0.05, 0) is 49.2 Å². The number of carbonyl (C=O) groups excluding carboxylic acids is 1. The van der Waals surface area contributed by atoms with E-state index in [4.69, 9.17) is 4.74 Å². The van der Waals surface area contributed by atoms with Crippen LogP contribution in [-0.4, -0.2) is 60.4 Å². The second-order valence-electron chi connectivity index (χ2n) is 7.32. The van der Waals surface area contributed by atoms with E-state index in [0.717, 1.165) is 18.5 Å². The van der Waals surface area contributed by atoms with Gasteiger partial charge in [0.2, 0.25) is 10.0 Å². The highest BCUT2D eigenvalue weighted by molar-refractivity contribution is 7.89. The Labute approximate surface area is 165 Å². The molecule has 0 radical (unpaired) electrons. The van der Waals surface area contributed by atoms with Crippen LogP contribution in [0, 0.1) is 0 Å². The van der Waals surface area contributed by atoms with Crippen LogP contribution in [0.2, 0.25) is 0 Å². The summed E-state index contributed by atoms with van der Waals surface area (Å²) in [4.78, 5) is 15.2. The molecule has 0 bridgehead atoms. The molecule has 1 aliphatic carbocycles. The van der Waals surface area contributed by atoms with Crippen LogP contribution in [0.25, 0.3) is 0 Å². The minimum absolute atomic E-state index is 0.0565. The van der Waals surface area contributed by atoms with Crippen LogP contribution in [-0.2, 0) is 28.4 Å². The maximum atomic E-state index is 13.1. The highest BCUT2D eigenvalue weighted by Crippen LogP contribution is 2.30. The van der Waals surface area contributed by atoms with E-state index in [2.05, 4.69) is 0 Å². The van der Waals surface area contributed by atoms with E-state index >= 15 is 0 Å². The zero-order valence-electron chi connectivity index (χ0n) is 16.0. The van der Waals surface area contributed by atoms with E-state index in [1.54, 1.807) is 12.1 Å². The number of amides is 1. The van der Waals surface area contributed by atoms with Gasteiger partial charge >= 0.3 is 0 Å². The first-order valence-corrected chi connectivity index (χ1v) is 11.0. The van der Waals surface area contributed by atoms with Crippen LogP contribution < -0.4 is 0 Å². The Morgan fingerprint density at radius 2 is 1.82 bits per heavy atom. The van der Waals surface area contributed by atoms with Gasteiger partial charge in [-0.1, -0.05) is 0 Å². The van der Waals surface area contributed by atoms with Gasteiger partial charge in [0.15, 0.2) is 0 Å². The molecule has 1 aromatic carbocycles. The Hall–Kier alpha value is -2.16. The number of morpholine rings is 1. The molecule has 7 nitrogen and oxygen atoms in total. The molecular formula is C20H25N3O4S. The van der Waals surface area contributed by atoms with Gasteiger partial charge in [-0.3, -0.25) is 4.79 Å². The van der Waals surface area contributed by atoms with Crippen molar-refractivity contribution in [3.05, 3.63) is 53.9 Å². The summed E-state index contributed by atoms with van der Waals surface area (Å²) < 4.78 is 34.2. The average molecular weight is 404 g/mol. The number of carbonyl (C=O) groups is 1. The van der Waals surface area contributed by atoms with E-state index in [1.165, 1.54) is 16.4 Å². The van der Waals surface area contributed by atoms with E-state index < -0.39 is 10.0 Å². The van der Waals surface area contributed by atoms with Gasteiger partial charge in [0, 0.05) is 43.6 Å². The van der Waals surface area contributed by atoms with Gasteiger partial charge in [0.05, 0.1) is 24.7 Å². The summed E-state index contributed by atoms with van der Waals surface area (Å²) in [5.41, 5.74) is 1.59. The third-order valence-electron chi connectivity index (χ3n) is 5.34. The van der Waals surface area contributed by atoms with Gasteiger partial charge in [0.25, 0.3) is 5.91 Å². The molecule has 1 saturated heterocycles. The van der Waals surface area contributed by atoms with Crippen molar-refractivity contribution in [3.63, 3.8) is 0 Å². The summed E-state index contributed by atoms with van der Waals surface area (Å²) in [6, 6.07) is 10.6. The average Bonchev–Trinajstić information content (AvgIpc) is 3.48. The molecule has 1 amide bonds. The number of nitrogens with zero attached hydrogens (tertiary/aromatic N) is 3. The fourth-order valence-electron chi connectivity index (χ4n) is 3.46. The van der Waals surface area contributed by atoms with Crippen molar-refractivity contribution in [1.82, 2.24) is 13.8 Å². The van der Waals surface area contributed by atoms with Crippen LogP contribution >= 0.6 is 0 Å². The molecule has 0 spiro atoms. The van der Waals surface area contributed by atoms with Crippen molar-refractivity contribution in [2.24, 2.45) is 7.05 Å². The molecular weight excluding hydrogens is 378 g/mol. The molecule has 0 atom stereocenters. The van der Waals surface area contributed by atoms with Crippen LogP contribution in [0.1, 0.15) is 28.9 Å². The number of benzene rings is 1. The predicted molar refractivity (Wildman–Crippen MR) is 104 cm³/mol. The number of hydrogen-bond acceptors (Lipinski definition) is 4. The zero-order chi connectivity index (χ0) is 19.7. The molecule has 2 fully saturated rings. The Bertz CT molecular complexity index is 942. The molecule has 0 N–H and O–H groups in total. The number of hydrogen-bond donors (Lipinski definition) is 0. The topological polar surface area (TPSA) is 71.9 Å². The van der Waals surface area contributed by atoms with Crippen molar-refractivity contribution in [1.29, 1.82) is 0 Å². The second kappa shape index (κ2) is 7.69. The summed E-state index contributed by atoms with van der Waals surface area (Å²) in [6.45, 7) is 2.09. The normalized spacial score (nSPS) is 18.2. The molecule has 4 rings (SSSR count). The Morgan fingerprint density at radius 3 is 2.39 bits per heavy atom. The maximum Gasteiger partial charge on any atom is 0.254 e. The van der Waals surface area contributed by atoms with Gasteiger partial charge in [-0.25, -0.2) is 8.42 Å². The largest absolute Gasteiger partial charge is 0.379 e. The number of rotatable bonds is 6. The summed E-state index contributed by atoms with van der Waals surface area (Å²) in [6.07, 6.45) is 4.00. The third kappa shape index (κ3) is 3.85. The van der Waals surface area contributed by atoms with Crippen LogP contribution in [0.5, 0.6) is 0 Å². The van der Waals surface area contributed by atoms with Crippen molar-refractivity contribution >= 4 is 15.9 Å². The highest BCUT2D eigenvalue weighted by Gasteiger charge is 2.34.